The second-order valence-electron chi connectivity index (χ2n) is 8.97. The van der Waals surface area contributed by atoms with E-state index in [1.807, 2.05) is 0 Å². The van der Waals surface area contributed by atoms with E-state index in [1.54, 1.807) is 12.1 Å². The highest BCUT2D eigenvalue weighted by Crippen LogP contribution is 2.47. The molecule has 3 aliphatic rings. The summed E-state index contributed by atoms with van der Waals surface area (Å²) in [6.45, 7) is 0.405. The fraction of sp³-hybridized carbons (Fsp3) is 0.375. The van der Waals surface area contributed by atoms with Crippen molar-refractivity contribution < 1.29 is 29.3 Å². The third-order valence-corrected chi connectivity index (χ3v) is 6.90. The van der Waals surface area contributed by atoms with E-state index in [0.717, 1.165) is 12.8 Å². The van der Waals surface area contributed by atoms with Crippen LogP contribution in [0.25, 0.3) is 0 Å². The third kappa shape index (κ3) is 2.97. The number of ether oxygens (including phenoxy) is 1. The Morgan fingerprint density at radius 2 is 1.81 bits per heavy atom. The maximum Gasteiger partial charge on any atom is 0.223 e. The Labute approximate surface area is 184 Å². The summed E-state index contributed by atoms with van der Waals surface area (Å²) in [4.78, 5) is 39.2. The van der Waals surface area contributed by atoms with Crippen molar-refractivity contribution in [2.24, 2.45) is 11.7 Å². The zero-order valence-electron chi connectivity index (χ0n) is 17.7. The second kappa shape index (κ2) is 7.06. The molecule has 1 fully saturated rings. The van der Waals surface area contributed by atoms with Crippen molar-refractivity contribution in [1.82, 2.24) is 5.32 Å². The average Bonchev–Trinajstić information content (AvgIpc) is 3.54. The fourth-order valence-corrected chi connectivity index (χ4v) is 4.78. The number of ketones is 2. The molecule has 2 aromatic carbocycles. The molecule has 0 aromatic heterocycles. The van der Waals surface area contributed by atoms with E-state index in [9.17, 15) is 24.6 Å². The molecule has 1 unspecified atom stereocenters. The first-order valence-electron chi connectivity index (χ1n) is 10.7. The zero-order chi connectivity index (χ0) is 22.8. The summed E-state index contributed by atoms with van der Waals surface area (Å²) in [6.07, 6.45) is 2.67. The number of methoxy groups -OCH3 is 1. The smallest absolute Gasteiger partial charge is 0.223 e. The van der Waals surface area contributed by atoms with Gasteiger partial charge in [0.25, 0.3) is 0 Å². The molecule has 2 aromatic rings. The Hall–Kier alpha value is -3.39. The van der Waals surface area contributed by atoms with Crippen molar-refractivity contribution in [2.45, 2.75) is 37.6 Å². The molecule has 8 heteroatoms. The minimum absolute atomic E-state index is 0.0750. The molecule has 0 heterocycles. The zero-order valence-corrected chi connectivity index (χ0v) is 17.7. The minimum atomic E-state index is -0.569. The number of carbonyl (C=O) groups excluding carboxylic acids is 3. The number of phenols is 2. The number of nitrogens with one attached hydrogen (secondary N) is 1. The van der Waals surface area contributed by atoms with Crippen LogP contribution in [0.5, 0.6) is 17.2 Å². The first-order valence-corrected chi connectivity index (χ1v) is 10.7. The summed E-state index contributed by atoms with van der Waals surface area (Å²) in [7, 11) is 1.40. The van der Waals surface area contributed by atoms with Gasteiger partial charge in [-0.25, -0.2) is 0 Å². The van der Waals surface area contributed by atoms with Crippen molar-refractivity contribution in [3.8, 4) is 17.2 Å². The minimum Gasteiger partial charge on any atom is -0.507 e. The molecule has 5 rings (SSSR count). The van der Waals surface area contributed by atoms with E-state index >= 15 is 0 Å². The van der Waals surface area contributed by atoms with Gasteiger partial charge in [0, 0.05) is 34.7 Å². The van der Waals surface area contributed by atoms with Gasteiger partial charge in [0.05, 0.1) is 23.8 Å². The van der Waals surface area contributed by atoms with Gasteiger partial charge >= 0.3 is 0 Å². The molecule has 0 radical (unpaired) electrons. The predicted molar refractivity (Wildman–Crippen MR) is 114 cm³/mol. The highest BCUT2D eigenvalue weighted by atomic mass is 16.5. The summed E-state index contributed by atoms with van der Waals surface area (Å²) in [5, 5.41) is 24.9. The van der Waals surface area contributed by atoms with Gasteiger partial charge in [-0.15, -0.1) is 0 Å². The van der Waals surface area contributed by atoms with Crippen LogP contribution in [-0.4, -0.2) is 46.9 Å². The molecule has 3 aliphatic carbocycles. The monoisotopic (exact) mass is 436 g/mol. The maximum absolute atomic E-state index is 13.3. The van der Waals surface area contributed by atoms with Crippen LogP contribution in [0.1, 0.15) is 62.2 Å². The van der Waals surface area contributed by atoms with Crippen LogP contribution < -0.4 is 15.8 Å². The van der Waals surface area contributed by atoms with Gasteiger partial charge in [0.15, 0.2) is 5.78 Å². The molecule has 0 aliphatic heterocycles. The molecule has 0 spiro atoms. The summed E-state index contributed by atoms with van der Waals surface area (Å²) < 4.78 is 5.25. The Morgan fingerprint density at radius 1 is 1.12 bits per heavy atom. The van der Waals surface area contributed by atoms with Crippen LogP contribution in [-0.2, 0) is 17.6 Å². The topological polar surface area (TPSA) is 139 Å². The van der Waals surface area contributed by atoms with E-state index in [-0.39, 0.29) is 57.4 Å². The van der Waals surface area contributed by atoms with E-state index in [2.05, 4.69) is 5.32 Å². The Bertz CT molecular complexity index is 1200. The Balaban J connectivity index is 1.54. The van der Waals surface area contributed by atoms with Crippen LogP contribution >= 0.6 is 0 Å². The molecular weight excluding hydrogens is 412 g/mol. The molecule has 1 atom stereocenters. The highest BCUT2D eigenvalue weighted by molar-refractivity contribution is 6.31. The first-order chi connectivity index (χ1) is 15.3. The van der Waals surface area contributed by atoms with Crippen LogP contribution in [0.2, 0.25) is 0 Å². The number of fused-ring (bicyclic) bond motifs is 3. The lowest BCUT2D eigenvalue weighted by atomic mass is 9.75. The van der Waals surface area contributed by atoms with Crippen molar-refractivity contribution >= 4 is 17.5 Å². The molecule has 1 saturated carbocycles. The number of aromatic hydroxyl groups is 2. The first kappa shape index (κ1) is 20.5. The van der Waals surface area contributed by atoms with Crippen LogP contribution in [0.15, 0.2) is 18.2 Å². The molecule has 0 bridgehead atoms. The lowest BCUT2D eigenvalue weighted by Gasteiger charge is -2.29. The van der Waals surface area contributed by atoms with E-state index in [4.69, 9.17) is 10.5 Å². The number of benzene rings is 2. The van der Waals surface area contributed by atoms with Gasteiger partial charge in [0.1, 0.15) is 17.2 Å². The fourth-order valence-electron chi connectivity index (χ4n) is 4.78. The molecular formula is C24H24N2O6. The standard InChI is InChI=1S/C24H24N2O6/c1-32-15-4-2-3-13-16(15)22(30)18-17(20(13)28)21(29)14-9-11(5-6-12(14)19(18)27)23(31)26-10-24(25)7-8-24/h2-4,11,27,29H,5-10,25H2,1H3,(H,26,31). The van der Waals surface area contributed by atoms with Crippen molar-refractivity contribution in [2.75, 3.05) is 13.7 Å². The molecule has 166 valence electrons. The number of hydrogen-bond donors (Lipinski definition) is 4. The van der Waals surface area contributed by atoms with Gasteiger partial charge in [-0.05, 0) is 38.2 Å². The lowest BCUT2D eigenvalue weighted by Crippen LogP contribution is -2.42. The average molecular weight is 436 g/mol. The summed E-state index contributed by atoms with van der Waals surface area (Å²) >= 11 is 0. The number of hydrogen-bond acceptors (Lipinski definition) is 7. The Kier molecular flexibility index (Phi) is 4.53. The molecule has 32 heavy (non-hydrogen) atoms. The molecule has 0 saturated heterocycles. The van der Waals surface area contributed by atoms with Crippen LogP contribution in [0, 0.1) is 5.92 Å². The second-order valence-corrected chi connectivity index (χ2v) is 8.97. The van der Waals surface area contributed by atoms with Gasteiger partial charge < -0.3 is 26.0 Å². The van der Waals surface area contributed by atoms with Crippen LogP contribution in [0.3, 0.4) is 0 Å². The van der Waals surface area contributed by atoms with E-state index in [1.165, 1.54) is 13.2 Å². The Morgan fingerprint density at radius 3 is 2.50 bits per heavy atom. The van der Waals surface area contributed by atoms with Crippen LogP contribution in [0.4, 0.5) is 0 Å². The van der Waals surface area contributed by atoms with Gasteiger partial charge in [-0.2, -0.15) is 0 Å². The predicted octanol–water partition coefficient (Wildman–Crippen LogP) is 1.59. The largest absolute Gasteiger partial charge is 0.507 e. The quantitative estimate of drug-likeness (QED) is 0.456. The summed E-state index contributed by atoms with van der Waals surface area (Å²) in [6, 6.07) is 4.65. The number of rotatable bonds is 4. The number of carbonyl (C=O) groups is 3. The molecule has 1 amide bonds. The summed E-state index contributed by atoms with van der Waals surface area (Å²) in [5.74, 6) is -2.13. The van der Waals surface area contributed by atoms with Crippen molar-refractivity contribution in [3.63, 3.8) is 0 Å². The maximum atomic E-state index is 13.3. The molecule has 5 N–H and O–H groups in total. The number of phenolic OH excluding ortho intramolecular Hbond substituents is 2. The third-order valence-electron chi connectivity index (χ3n) is 6.90. The van der Waals surface area contributed by atoms with Gasteiger partial charge in [0.2, 0.25) is 11.7 Å². The number of amides is 1. The van der Waals surface area contributed by atoms with Gasteiger partial charge in [-0.3, -0.25) is 14.4 Å². The SMILES string of the molecule is COc1cccc2c1C(=O)c1c(O)c3c(c(O)c1C2=O)CC(C(=O)NCC1(N)CC1)CC3. The lowest BCUT2D eigenvalue weighted by molar-refractivity contribution is -0.125. The van der Waals surface area contributed by atoms with Crippen molar-refractivity contribution in [3.05, 3.63) is 51.6 Å². The normalized spacial score (nSPS) is 20.1. The molecule has 8 nitrogen and oxygen atoms in total. The summed E-state index contributed by atoms with van der Waals surface area (Å²) in [5.41, 5.74) is 6.24. The highest BCUT2D eigenvalue weighted by Gasteiger charge is 2.42. The van der Waals surface area contributed by atoms with E-state index in [0.29, 0.717) is 30.5 Å². The van der Waals surface area contributed by atoms with Crippen molar-refractivity contribution in [1.29, 1.82) is 0 Å². The van der Waals surface area contributed by atoms with Gasteiger partial charge in [-0.1, -0.05) is 12.1 Å². The van der Waals surface area contributed by atoms with E-state index < -0.39 is 17.5 Å². The number of nitrogens with two attached hydrogens (primary N) is 1.